The third-order valence-electron chi connectivity index (χ3n) is 3.70. The van der Waals surface area contributed by atoms with E-state index < -0.39 is 6.09 Å². The maximum atomic E-state index is 12.4. The number of carbonyl (C=O) groups excluding carboxylic acids is 1. The molecule has 5 N–H and O–H groups in total. The lowest BCUT2D eigenvalue weighted by atomic mass is 10.1. The lowest BCUT2D eigenvalue weighted by molar-refractivity contribution is 0.0795. The fourth-order valence-electron chi connectivity index (χ4n) is 2.25. The number of amides is 2. The number of nitrogens with two attached hydrogens (primary N) is 1. The first-order chi connectivity index (χ1) is 11.9. The van der Waals surface area contributed by atoms with Crippen LogP contribution in [0.3, 0.4) is 0 Å². The van der Waals surface area contributed by atoms with E-state index in [0.29, 0.717) is 11.3 Å². The number of nitrogens with zero attached hydrogens (tertiary/aromatic N) is 1. The summed E-state index contributed by atoms with van der Waals surface area (Å²) in [6, 6.07) is 13.0. The summed E-state index contributed by atoms with van der Waals surface area (Å²) >= 11 is 0. The fourth-order valence-corrected chi connectivity index (χ4v) is 2.25. The van der Waals surface area contributed by atoms with Gasteiger partial charge in [-0.25, -0.2) is 4.79 Å². The number of likely N-dealkylation sites (N-methyl/N-ethyl adjacent to an activating group) is 1. The second-order valence-electron chi connectivity index (χ2n) is 5.75. The Kier molecular flexibility index (Phi) is 5.84. The third-order valence-corrected chi connectivity index (χ3v) is 3.70. The van der Waals surface area contributed by atoms with Gasteiger partial charge in [-0.3, -0.25) is 4.79 Å². The zero-order valence-electron chi connectivity index (χ0n) is 14.2. The molecule has 2 aromatic rings. The van der Waals surface area contributed by atoms with E-state index in [4.69, 9.17) is 10.8 Å². The number of aryl methyl sites for hydroxylation is 1. The lowest BCUT2D eigenvalue weighted by Crippen LogP contribution is -2.35. The van der Waals surface area contributed by atoms with E-state index in [1.165, 1.54) is 10.5 Å². The van der Waals surface area contributed by atoms with Crippen LogP contribution < -0.4 is 16.4 Å². The van der Waals surface area contributed by atoms with Crippen LogP contribution in [-0.4, -0.2) is 42.1 Å². The number of hydrogen-bond donors (Lipinski definition) is 4. The second kappa shape index (κ2) is 8.05. The largest absolute Gasteiger partial charge is 0.465 e. The van der Waals surface area contributed by atoms with Crippen LogP contribution >= 0.6 is 0 Å². The first-order valence-electron chi connectivity index (χ1n) is 7.82. The topological polar surface area (TPSA) is 108 Å². The number of hydrogen-bond acceptors (Lipinski definition) is 4. The number of rotatable bonds is 6. The van der Waals surface area contributed by atoms with Gasteiger partial charge < -0.3 is 26.4 Å². The van der Waals surface area contributed by atoms with Crippen LogP contribution in [0.4, 0.5) is 21.9 Å². The minimum absolute atomic E-state index is 0.167. The standard InChI is InChI=1S/C18H22N4O3/c1-12-3-6-14(7-4-12)21-16-8-5-13(11-15(16)19)17(23)22(2)10-9-20-18(24)25/h3-8,11,20-21H,9-10,19H2,1-2H3,(H,24,25). The van der Waals surface area contributed by atoms with Gasteiger partial charge in [0.25, 0.3) is 5.91 Å². The number of anilines is 3. The van der Waals surface area contributed by atoms with Crippen molar-refractivity contribution in [1.82, 2.24) is 10.2 Å². The highest BCUT2D eigenvalue weighted by Crippen LogP contribution is 2.24. The first-order valence-corrected chi connectivity index (χ1v) is 7.82. The predicted molar refractivity (Wildman–Crippen MR) is 98.3 cm³/mol. The quantitative estimate of drug-likeness (QED) is 0.604. The Balaban J connectivity index is 2.03. The predicted octanol–water partition coefficient (Wildman–Crippen LogP) is 2.66. The summed E-state index contributed by atoms with van der Waals surface area (Å²) in [6.07, 6.45) is -1.11. The van der Waals surface area contributed by atoms with E-state index >= 15 is 0 Å². The third kappa shape index (κ3) is 5.13. The molecule has 0 radical (unpaired) electrons. The van der Waals surface area contributed by atoms with Crippen molar-refractivity contribution in [3.8, 4) is 0 Å². The van der Waals surface area contributed by atoms with Crippen molar-refractivity contribution in [3.05, 3.63) is 53.6 Å². The molecule has 0 unspecified atom stereocenters. The molecule has 0 saturated carbocycles. The smallest absolute Gasteiger partial charge is 0.404 e. The van der Waals surface area contributed by atoms with Crippen molar-refractivity contribution < 1.29 is 14.7 Å². The van der Waals surface area contributed by atoms with Crippen molar-refractivity contribution in [2.45, 2.75) is 6.92 Å². The van der Waals surface area contributed by atoms with Crippen molar-refractivity contribution in [2.75, 3.05) is 31.2 Å². The Morgan fingerprint density at radius 2 is 1.84 bits per heavy atom. The number of carbonyl (C=O) groups is 2. The van der Waals surface area contributed by atoms with Crippen LogP contribution in [0.1, 0.15) is 15.9 Å². The van der Waals surface area contributed by atoms with E-state index in [2.05, 4.69) is 10.6 Å². The van der Waals surface area contributed by atoms with Gasteiger partial charge in [0.05, 0.1) is 11.4 Å². The highest BCUT2D eigenvalue weighted by atomic mass is 16.4. The molecule has 25 heavy (non-hydrogen) atoms. The molecule has 2 aromatic carbocycles. The van der Waals surface area contributed by atoms with Gasteiger partial charge in [-0.15, -0.1) is 0 Å². The average Bonchev–Trinajstić information content (AvgIpc) is 2.57. The van der Waals surface area contributed by atoms with E-state index in [-0.39, 0.29) is 19.0 Å². The summed E-state index contributed by atoms with van der Waals surface area (Å²) < 4.78 is 0. The lowest BCUT2D eigenvalue weighted by Gasteiger charge is -2.18. The van der Waals surface area contributed by atoms with Gasteiger partial charge in [0.2, 0.25) is 0 Å². The molecular formula is C18H22N4O3. The fraction of sp³-hybridized carbons (Fsp3) is 0.222. The molecule has 2 rings (SSSR count). The van der Waals surface area contributed by atoms with E-state index in [9.17, 15) is 9.59 Å². The first kappa shape index (κ1) is 18.1. The zero-order valence-corrected chi connectivity index (χ0v) is 14.2. The summed E-state index contributed by atoms with van der Waals surface area (Å²) in [5, 5.41) is 14.0. The Morgan fingerprint density at radius 3 is 2.44 bits per heavy atom. The molecule has 0 aliphatic heterocycles. The molecule has 7 nitrogen and oxygen atoms in total. The van der Waals surface area contributed by atoms with Gasteiger partial charge >= 0.3 is 6.09 Å². The Hall–Kier alpha value is -3.22. The molecule has 0 spiro atoms. The number of benzene rings is 2. The second-order valence-corrected chi connectivity index (χ2v) is 5.75. The van der Waals surface area contributed by atoms with Crippen molar-refractivity contribution in [2.24, 2.45) is 0 Å². The molecule has 7 heteroatoms. The molecule has 0 fully saturated rings. The number of nitrogen functional groups attached to an aromatic ring is 1. The monoisotopic (exact) mass is 342 g/mol. The molecule has 0 bridgehead atoms. The summed E-state index contributed by atoms with van der Waals surface area (Å²) in [7, 11) is 1.61. The molecule has 0 aliphatic rings. The SMILES string of the molecule is Cc1ccc(Nc2ccc(C(=O)N(C)CCNC(=O)O)cc2N)cc1. The van der Waals surface area contributed by atoms with Gasteiger partial charge in [0, 0.05) is 31.4 Å². The van der Waals surface area contributed by atoms with Crippen LogP contribution in [0.25, 0.3) is 0 Å². The summed E-state index contributed by atoms with van der Waals surface area (Å²) in [5.74, 6) is -0.222. The molecule has 0 heterocycles. The Bertz CT molecular complexity index is 759. The molecule has 0 aromatic heterocycles. The Morgan fingerprint density at radius 1 is 1.16 bits per heavy atom. The maximum Gasteiger partial charge on any atom is 0.404 e. The van der Waals surface area contributed by atoms with Crippen molar-refractivity contribution in [3.63, 3.8) is 0 Å². The maximum absolute atomic E-state index is 12.4. The number of carboxylic acid groups (broad SMARTS) is 1. The summed E-state index contributed by atoms with van der Waals surface area (Å²) in [5.41, 5.74) is 9.76. The molecule has 2 amide bonds. The van der Waals surface area contributed by atoms with Crippen molar-refractivity contribution >= 4 is 29.1 Å². The molecule has 0 saturated heterocycles. The highest BCUT2D eigenvalue weighted by Gasteiger charge is 2.13. The molecule has 0 atom stereocenters. The average molecular weight is 342 g/mol. The number of nitrogens with one attached hydrogen (secondary N) is 2. The van der Waals surface area contributed by atoms with Crippen LogP contribution in [0, 0.1) is 6.92 Å². The van der Waals surface area contributed by atoms with Gasteiger partial charge in [0.15, 0.2) is 0 Å². The Labute approximate surface area is 146 Å². The zero-order chi connectivity index (χ0) is 18.4. The summed E-state index contributed by atoms with van der Waals surface area (Å²) in [6.45, 7) is 2.45. The van der Waals surface area contributed by atoms with E-state index in [1.807, 2.05) is 31.2 Å². The van der Waals surface area contributed by atoms with Crippen molar-refractivity contribution in [1.29, 1.82) is 0 Å². The van der Waals surface area contributed by atoms with Gasteiger partial charge in [-0.2, -0.15) is 0 Å². The van der Waals surface area contributed by atoms with Crippen LogP contribution in [0.15, 0.2) is 42.5 Å². The van der Waals surface area contributed by atoms with Gasteiger partial charge in [-0.05, 0) is 37.3 Å². The minimum atomic E-state index is -1.11. The highest BCUT2D eigenvalue weighted by molar-refractivity contribution is 5.96. The molecular weight excluding hydrogens is 320 g/mol. The van der Waals surface area contributed by atoms with E-state index in [1.54, 1.807) is 25.2 Å². The van der Waals surface area contributed by atoms with E-state index in [0.717, 1.165) is 11.4 Å². The normalized spacial score (nSPS) is 10.2. The van der Waals surface area contributed by atoms with Gasteiger partial charge in [0.1, 0.15) is 0 Å². The van der Waals surface area contributed by atoms with Crippen LogP contribution in [0.2, 0.25) is 0 Å². The molecule has 0 aliphatic carbocycles. The summed E-state index contributed by atoms with van der Waals surface area (Å²) in [4.78, 5) is 24.2. The minimum Gasteiger partial charge on any atom is -0.465 e. The molecule has 132 valence electrons. The van der Waals surface area contributed by atoms with Crippen LogP contribution in [-0.2, 0) is 0 Å². The van der Waals surface area contributed by atoms with Gasteiger partial charge in [-0.1, -0.05) is 17.7 Å². The van der Waals surface area contributed by atoms with Crippen LogP contribution in [0.5, 0.6) is 0 Å².